The number of halogens is 1. The van der Waals surface area contributed by atoms with E-state index in [4.69, 9.17) is 18.0 Å². The van der Waals surface area contributed by atoms with E-state index >= 15 is 0 Å². The number of thiocarbonyl (C=S) groups is 1. The Bertz CT molecular complexity index is 490. The van der Waals surface area contributed by atoms with Gasteiger partial charge in [-0.2, -0.15) is 0 Å². The molecule has 0 radical (unpaired) electrons. The van der Waals surface area contributed by atoms with Crippen molar-refractivity contribution in [2.75, 3.05) is 13.1 Å². The zero-order chi connectivity index (χ0) is 14.6. The first kappa shape index (κ1) is 16.4. The fourth-order valence-corrected chi connectivity index (χ4v) is 2.42. The summed E-state index contributed by atoms with van der Waals surface area (Å²) >= 11 is 7.19. The summed E-state index contributed by atoms with van der Waals surface area (Å²) in [5.41, 5.74) is 7.49. The second kappa shape index (κ2) is 7.19. The highest BCUT2D eigenvalue weighted by atomic mass is 127. The highest BCUT2D eigenvalue weighted by Gasteiger charge is 2.20. The maximum atomic E-state index is 12.5. The highest BCUT2D eigenvalue weighted by molar-refractivity contribution is 14.1. The number of hydrogen-bond donors (Lipinski definition) is 1. The van der Waals surface area contributed by atoms with Gasteiger partial charge in [0, 0.05) is 22.6 Å². The van der Waals surface area contributed by atoms with Crippen LogP contribution in [0, 0.1) is 16.4 Å². The monoisotopic (exact) mass is 390 g/mol. The third-order valence-electron chi connectivity index (χ3n) is 3.07. The van der Waals surface area contributed by atoms with Crippen molar-refractivity contribution in [3.05, 3.63) is 32.9 Å². The molecule has 1 aromatic rings. The first-order chi connectivity index (χ1) is 8.88. The molecule has 1 unspecified atom stereocenters. The number of carbonyl (C=O) groups is 1. The quantitative estimate of drug-likeness (QED) is 0.621. The topological polar surface area (TPSA) is 46.3 Å². The van der Waals surface area contributed by atoms with Crippen LogP contribution in [0.25, 0.3) is 0 Å². The Morgan fingerprint density at radius 3 is 2.68 bits per heavy atom. The van der Waals surface area contributed by atoms with Gasteiger partial charge < -0.3 is 10.6 Å². The fraction of sp³-hybridized carbons (Fsp3) is 0.429. The zero-order valence-corrected chi connectivity index (χ0v) is 14.4. The lowest BCUT2D eigenvalue weighted by Gasteiger charge is -2.25. The Balaban J connectivity index is 2.96. The number of carbonyl (C=O) groups excluding carboxylic acids is 1. The molecule has 0 aliphatic rings. The Labute approximate surface area is 133 Å². The van der Waals surface area contributed by atoms with E-state index in [2.05, 4.69) is 22.6 Å². The first-order valence-electron chi connectivity index (χ1n) is 6.22. The predicted octanol–water partition coefficient (Wildman–Crippen LogP) is 2.98. The molecular weight excluding hydrogens is 371 g/mol. The Hall–Kier alpha value is -0.690. The zero-order valence-electron chi connectivity index (χ0n) is 11.4. The Morgan fingerprint density at radius 1 is 1.53 bits per heavy atom. The molecule has 0 aliphatic heterocycles. The minimum atomic E-state index is 0.0290. The first-order valence-corrected chi connectivity index (χ1v) is 7.70. The van der Waals surface area contributed by atoms with E-state index in [-0.39, 0.29) is 11.8 Å². The predicted molar refractivity (Wildman–Crippen MR) is 91.4 cm³/mol. The van der Waals surface area contributed by atoms with Crippen LogP contribution in [0.15, 0.2) is 18.2 Å². The SMILES string of the molecule is CCN(CC(C)C(N)=S)C(=O)c1cccc(C)c1I. The van der Waals surface area contributed by atoms with E-state index in [1.807, 2.05) is 39.0 Å². The molecule has 0 spiro atoms. The molecule has 19 heavy (non-hydrogen) atoms. The molecule has 0 bridgehead atoms. The van der Waals surface area contributed by atoms with E-state index in [1.54, 1.807) is 4.90 Å². The Kier molecular flexibility index (Phi) is 6.19. The molecule has 0 saturated carbocycles. The van der Waals surface area contributed by atoms with Gasteiger partial charge in [0.2, 0.25) is 0 Å². The second-order valence-corrected chi connectivity index (χ2v) is 6.13. The smallest absolute Gasteiger partial charge is 0.254 e. The molecule has 0 saturated heterocycles. The van der Waals surface area contributed by atoms with Gasteiger partial charge >= 0.3 is 0 Å². The molecule has 1 aromatic carbocycles. The van der Waals surface area contributed by atoms with Gasteiger partial charge in [-0.15, -0.1) is 0 Å². The lowest BCUT2D eigenvalue weighted by Crippen LogP contribution is -2.38. The van der Waals surface area contributed by atoms with E-state index in [0.717, 1.165) is 14.7 Å². The van der Waals surface area contributed by atoms with Crippen LogP contribution in [0.4, 0.5) is 0 Å². The van der Waals surface area contributed by atoms with Crippen LogP contribution in [0.2, 0.25) is 0 Å². The van der Waals surface area contributed by atoms with Crippen LogP contribution < -0.4 is 5.73 Å². The maximum absolute atomic E-state index is 12.5. The number of nitrogens with two attached hydrogens (primary N) is 1. The summed E-state index contributed by atoms with van der Waals surface area (Å²) in [5.74, 6) is 0.0695. The van der Waals surface area contributed by atoms with Crippen LogP contribution >= 0.6 is 34.8 Å². The summed E-state index contributed by atoms with van der Waals surface area (Å²) in [6.45, 7) is 7.13. The maximum Gasteiger partial charge on any atom is 0.254 e. The van der Waals surface area contributed by atoms with Crippen LogP contribution in [0.1, 0.15) is 29.8 Å². The van der Waals surface area contributed by atoms with Crippen molar-refractivity contribution in [2.45, 2.75) is 20.8 Å². The van der Waals surface area contributed by atoms with Crippen molar-refractivity contribution in [1.82, 2.24) is 4.90 Å². The van der Waals surface area contributed by atoms with Gasteiger partial charge in [0.25, 0.3) is 5.91 Å². The summed E-state index contributed by atoms with van der Waals surface area (Å²) in [6, 6.07) is 5.78. The molecule has 1 atom stereocenters. The molecule has 0 heterocycles. The third kappa shape index (κ3) is 4.14. The average Bonchev–Trinajstić information content (AvgIpc) is 2.38. The molecule has 0 fully saturated rings. The molecular formula is C14H19IN2OS. The Morgan fingerprint density at radius 2 is 2.16 bits per heavy atom. The number of amides is 1. The summed E-state index contributed by atoms with van der Waals surface area (Å²) < 4.78 is 1.01. The minimum Gasteiger partial charge on any atom is -0.393 e. The van der Waals surface area contributed by atoms with E-state index < -0.39 is 0 Å². The number of nitrogens with zero attached hydrogens (tertiary/aromatic N) is 1. The second-order valence-electron chi connectivity index (χ2n) is 4.58. The van der Waals surface area contributed by atoms with E-state index in [0.29, 0.717) is 18.1 Å². The fourth-order valence-electron chi connectivity index (χ4n) is 1.76. The van der Waals surface area contributed by atoms with Crippen LogP contribution in [0.5, 0.6) is 0 Å². The van der Waals surface area contributed by atoms with Gasteiger partial charge in [-0.3, -0.25) is 4.79 Å². The van der Waals surface area contributed by atoms with Gasteiger partial charge in [-0.05, 0) is 48.1 Å². The van der Waals surface area contributed by atoms with E-state index in [9.17, 15) is 4.79 Å². The summed E-state index contributed by atoms with van der Waals surface area (Å²) in [4.78, 5) is 14.8. The number of rotatable bonds is 5. The van der Waals surface area contributed by atoms with E-state index in [1.165, 1.54) is 0 Å². The van der Waals surface area contributed by atoms with Crippen molar-refractivity contribution in [2.24, 2.45) is 11.7 Å². The van der Waals surface area contributed by atoms with Crippen LogP contribution in [-0.2, 0) is 0 Å². The van der Waals surface area contributed by atoms with Gasteiger partial charge in [0.05, 0.1) is 10.6 Å². The normalized spacial score (nSPS) is 12.0. The summed E-state index contributed by atoms with van der Waals surface area (Å²) in [5, 5.41) is 0. The molecule has 1 rings (SSSR count). The van der Waals surface area contributed by atoms with Gasteiger partial charge in [-0.1, -0.05) is 31.3 Å². The molecule has 1 amide bonds. The highest BCUT2D eigenvalue weighted by Crippen LogP contribution is 2.19. The van der Waals surface area contributed by atoms with Crippen molar-refractivity contribution in [3.8, 4) is 0 Å². The molecule has 0 aromatic heterocycles. The van der Waals surface area contributed by atoms with Crippen LogP contribution in [-0.4, -0.2) is 28.9 Å². The van der Waals surface area contributed by atoms with Crippen molar-refractivity contribution < 1.29 is 4.79 Å². The lowest BCUT2D eigenvalue weighted by molar-refractivity contribution is 0.0753. The summed E-state index contributed by atoms with van der Waals surface area (Å²) in [7, 11) is 0. The molecule has 3 nitrogen and oxygen atoms in total. The number of aryl methyl sites for hydroxylation is 1. The summed E-state index contributed by atoms with van der Waals surface area (Å²) in [6.07, 6.45) is 0. The molecule has 5 heteroatoms. The standard InChI is InChI=1S/C14H19IN2OS/c1-4-17(8-10(3)13(16)19)14(18)11-7-5-6-9(2)12(11)15/h5-7,10H,4,8H2,1-3H3,(H2,16,19). The lowest BCUT2D eigenvalue weighted by atomic mass is 10.1. The van der Waals surface area contributed by atoms with Gasteiger partial charge in [-0.25, -0.2) is 0 Å². The minimum absolute atomic E-state index is 0.0290. The third-order valence-corrected chi connectivity index (χ3v) is 4.91. The molecule has 0 aliphatic carbocycles. The number of benzene rings is 1. The van der Waals surface area contributed by atoms with Gasteiger partial charge in [0.1, 0.15) is 0 Å². The van der Waals surface area contributed by atoms with Crippen molar-refractivity contribution in [1.29, 1.82) is 0 Å². The van der Waals surface area contributed by atoms with Crippen molar-refractivity contribution >= 4 is 45.7 Å². The molecule has 2 N–H and O–H groups in total. The largest absolute Gasteiger partial charge is 0.393 e. The van der Waals surface area contributed by atoms with Gasteiger partial charge in [0.15, 0.2) is 0 Å². The average molecular weight is 390 g/mol. The number of hydrogen-bond acceptors (Lipinski definition) is 2. The van der Waals surface area contributed by atoms with Crippen LogP contribution in [0.3, 0.4) is 0 Å². The molecule has 104 valence electrons. The van der Waals surface area contributed by atoms with Crippen molar-refractivity contribution in [3.63, 3.8) is 0 Å².